The van der Waals surface area contributed by atoms with Crippen LogP contribution < -0.4 is 20.5 Å². The van der Waals surface area contributed by atoms with Crippen molar-refractivity contribution in [3.8, 4) is 11.5 Å². The van der Waals surface area contributed by atoms with E-state index in [4.69, 9.17) is 26.8 Å². The molecule has 1 fully saturated rings. The number of carbonyl (C=O) groups is 1. The Balaban J connectivity index is 0.000000414. The van der Waals surface area contributed by atoms with Crippen molar-refractivity contribution in [2.45, 2.75) is 65.4 Å². The number of hydrogen-bond donors (Lipinski definition) is 2. The molecule has 0 bridgehead atoms. The number of ether oxygens (including phenoxy) is 2. The fourth-order valence-electron chi connectivity index (χ4n) is 4.36. The van der Waals surface area contributed by atoms with Crippen molar-refractivity contribution >= 4 is 39.9 Å². The van der Waals surface area contributed by atoms with E-state index in [0.717, 1.165) is 44.4 Å². The van der Waals surface area contributed by atoms with Crippen LogP contribution in [-0.2, 0) is 4.79 Å². The molecule has 1 aromatic heterocycles. The van der Waals surface area contributed by atoms with Crippen LogP contribution >= 0.6 is 11.6 Å². The molecule has 4 rings (SSSR count). The Hall–Kier alpha value is -3.13. The molecule has 2 aromatic carbocycles. The molecule has 9 heteroatoms. The van der Waals surface area contributed by atoms with Gasteiger partial charge in [-0.25, -0.2) is 14.4 Å². The van der Waals surface area contributed by atoms with Crippen molar-refractivity contribution in [2.24, 2.45) is 17.6 Å². The van der Waals surface area contributed by atoms with E-state index in [1.165, 1.54) is 12.4 Å². The van der Waals surface area contributed by atoms with Gasteiger partial charge >= 0.3 is 0 Å². The summed E-state index contributed by atoms with van der Waals surface area (Å²) in [6.45, 7) is 6.22. The highest BCUT2D eigenvalue weighted by atomic mass is 35.5. The molecule has 0 unspecified atom stereocenters. The Bertz CT molecular complexity index is 1200. The van der Waals surface area contributed by atoms with E-state index in [1.54, 1.807) is 19.2 Å². The van der Waals surface area contributed by atoms with Crippen LogP contribution in [0.25, 0.3) is 10.9 Å². The molecule has 1 aliphatic carbocycles. The minimum Gasteiger partial charge on any atom is -0.493 e. The smallest absolute Gasteiger partial charge is 0.220 e. The summed E-state index contributed by atoms with van der Waals surface area (Å²) in [7, 11) is 1.61. The van der Waals surface area contributed by atoms with Crippen molar-refractivity contribution < 1.29 is 18.7 Å². The highest BCUT2D eigenvalue weighted by Gasteiger charge is 2.22. The number of carbonyl (C=O) groups excluding carboxylic acids is 1. The fourth-order valence-corrected chi connectivity index (χ4v) is 4.54. The topological polar surface area (TPSA) is 99.4 Å². The third-order valence-corrected chi connectivity index (χ3v) is 7.06. The van der Waals surface area contributed by atoms with E-state index in [9.17, 15) is 9.18 Å². The van der Waals surface area contributed by atoms with Gasteiger partial charge in [-0.2, -0.15) is 0 Å². The van der Waals surface area contributed by atoms with E-state index in [2.05, 4.69) is 22.2 Å². The van der Waals surface area contributed by atoms with Crippen LogP contribution in [0.2, 0.25) is 5.02 Å². The molecule has 1 heterocycles. The maximum Gasteiger partial charge on any atom is 0.220 e. The minimum atomic E-state index is -0.526. The lowest BCUT2D eigenvalue weighted by atomic mass is 9.89. The van der Waals surface area contributed by atoms with Gasteiger partial charge in [-0.1, -0.05) is 38.4 Å². The summed E-state index contributed by atoms with van der Waals surface area (Å²) in [5.74, 6) is 1.87. The molecule has 1 saturated carbocycles. The van der Waals surface area contributed by atoms with Gasteiger partial charge in [0.2, 0.25) is 5.91 Å². The molecule has 1 amide bonds. The van der Waals surface area contributed by atoms with Crippen molar-refractivity contribution in [1.82, 2.24) is 9.97 Å². The van der Waals surface area contributed by atoms with Crippen molar-refractivity contribution in [1.29, 1.82) is 0 Å². The van der Waals surface area contributed by atoms with Crippen molar-refractivity contribution in [3.05, 3.63) is 47.5 Å². The van der Waals surface area contributed by atoms with E-state index in [-0.39, 0.29) is 28.6 Å². The lowest BCUT2D eigenvalue weighted by molar-refractivity contribution is -0.121. The van der Waals surface area contributed by atoms with E-state index in [1.807, 2.05) is 26.0 Å². The largest absolute Gasteiger partial charge is 0.493 e. The van der Waals surface area contributed by atoms with Gasteiger partial charge in [-0.05, 0) is 62.6 Å². The van der Waals surface area contributed by atoms with Gasteiger partial charge < -0.3 is 20.5 Å². The second-order valence-electron chi connectivity index (χ2n) is 9.38. The third kappa shape index (κ3) is 7.44. The van der Waals surface area contributed by atoms with E-state index in [0.29, 0.717) is 28.2 Å². The number of aromatic nitrogens is 2. The Kier molecular flexibility index (Phi) is 10.3. The van der Waals surface area contributed by atoms with E-state index < -0.39 is 5.82 Å². The average molecular weight is 531 g/mol. The number of rotatable bonds is 8. The van der Waals surface area contributed by atoms with Gasteiger partial charge in [-0.3, -0.25) is 4.79 Å². The van der Waals surface area contributed by atoms with Crippen LogP contribution in [0.5, 0.6) is 11.5 Å². The Morgan fingerprint density at radius 1 is 1.16 bits per heavy atom. The summed E-state index contributed by atoms with van der Waals surface area (Å²) in [4.78, 5) is 19.0. The lowest BCUT2D eigenvalue weighted by Gasteiger charge is -2.27. The van der Waals surface area contributed by atoms with Crippen LogP contribution in [0.15, 0.2) is 36.7 Å². The summed E-state index contributed by atoms with van der Waals surface area (Å²) in [6, 6.07) is 8.47. The molecule has 0 atom stereocenters. The zero-order valence-electron chi connectivity index (χ0n) is 21.9. The van der Waals surface area contributed by atoms with Crippen LogP contribution in [0.4, 0.5) is 15.9 Å². The van der Waals surface area contributed by atoms with Gasteiger partial charge in [0.25, 0.3) is 0 Å². The number of fused-ring (bicyclic) bond motifs is 1. The third-order valence-electron chi connectivity index (χ3n) is 6.77. The highest BCUT2D eigenvalue weighted by Crippen LogP contribution is 2.37. The monoisotopic (exact) mass is 530 g/mol. The summed E-state index contributed by atoms with van der Waals surface area (Å²) < 4.78 is 26.1. The number of hydrogen-bond acceptors (Lipinski definition) is 6. The predicted molar refractivity (Wildman–Crippen MR) is 146 cm³/mol. The molecular weight excluding hydrogens is 495 g/mol. The number of methoxy groups -OCH3 is 1. The van der Waals surface area contributed by atoms with Gasteiger partial charge in [-0.15, -0.1) is 0 Å². The zero-order chi connectivity index (χ0) is 26.9. The molecular formula is C28H36ClFN4O3. The molecule has 3 aromatic rings. The second-order valence-corrected chi connectivity index (χ2v) is 9.79. The number of nitrogens with two attached hydrogens (primary N) is 1. The minimum absolute atomic E-state index is 0.0468. The molecule has 0 spiro atoms. The number of nitrogens with one attached hydrogen (secondary N) is 1. The number of amides is 1. The summed E-state index contributed by atoms with van der Waals surface area (Å²) in [5, 5.41) is 3.78. The second kappa shape index (κ2) is 13.4. The number of halogens is 2. The highest BCUT2D eigenvalue weighted by molar-refractivity contribution is 6.31. The Morgan fingerprint density at radius 3 is 2.46 bits per heavy atom. The standard InChI is InChI=1S/C22H23ClFN3O2.C6H13NO/c1-13-6-8-14(9-7-13)29-20-10-15-18(11-19(20)28-2)25-12-26-22(15)27-17-5-3-4-16(23)21(17)24;1-3-5(4-2)6(7)8/h3-5,10-14H,6-9H2,1-2H3,(H,25,26,27);5H,3-4H2,1-2H3,(H2,7,8). The SMILES string of the molecule is CCC(CC)C(N)=O.COc1cc2ncnc(Nc3cccc(Cl)c3F)c2cc1OC1CCC(C)CC1. The molecule has 200 valence electrons. The van der Waals surface area contributed by atoms with Crippen molar-refractivity contribution in [2.75, 3.05) is 12.4 Å². The predicted octanol–water partition coefficient (Wildman–Crippen LogP) is 7.04. The van der Waals surface area contributed by atoms with Crippen LogP contribution in [-0.4, -0.2) is 29.1 Å². The molecule has 0 saturated heterocycles. The van der Waals surface area contributed by atoms with Crippen LogP contribution in [0, 0.1) is 17.7 Å². The molecule has 37 heavy (non-hydrogen) atoms. The Labute approximate surface area is 222 Å². The summed E-state index contributed by atoms with van der Waals surface area (Å²) in [5.41, 5.74) is 5.94. The lowest BCUT2D eigenvalue weighted by Crippen LogP contribution is -2.23. The van der Waals surface area contributed by atoms with Gasteiger partial charge in [0.1, 0.15) is 12.1 Å². The maximum absolute atomic E-state index is 14.3. The fraction of sp³-hybridized carbons (Fsp3) is 0.464. The summed E-state index contributed by atoms with van der Waals surface area (Å²) >= 11 is 5.90. The summed E-state index contributed by atoms with van der Waals surface area (Å²) in [6.07, 6.45) is 7.67. The molecule has 0 aliphatic heterocycles. The first-order valence-electron chi connectivity index (χ1n) is 12.8. The first-order chi connectivity index (χ1) is 17.8. The van der Waals surface area contributed by atoms with E-state index >= 15 is 0 Å². The van der Waals surface area contributed by atoms with Gasteiger partial charge in [0.15, 0.2) is 17.3 Å². The molecule has 1 aliphatic rings. The van der Waals surface area contributed by atoms with Crippen LogP contribution in [0.1, 0.15) is 59.3 Å². The number of primary amides is 1. The van der Waals surface area contributed by atoms with Crippen molar-refractivity contribution in [3.63, 3.8) is 0 Å². The number of nitrogens with zero attached hydrogens (tertiary/aromatic N) is 2. The van der Waals surface area contributed by atoms with Gasteiger partial charge in [0, 0.05) is 17.4 Å². The quantitative estimate of drug-likeness (QED) is 0.324. The van der Waals surface area contributed by atoms with Gasteiger partial charge in [0.05, 0.1) is 29.4 Å². The zero-order valence-corrected chi connectivity index (χ0v) is 22.6. The number of benzene rings is 2. The number of anilines is 2. The first-order valence-corrected chi connectivity index (χ1v) is 13.1. The van der Waals surface area contributed by atoms with Crippen LogP contribution in [0.3, 0.4) is 0 Å². The first kappa shape index (κ1) is 28.4. The molecule has 0 radical (unpaired) electrons. The normalized spacial score (nSPS) is 17.2. The Morgan fingerprint density at radius 2 is 1.86 bits per heavy atom. The molecule has 7 nitrogen and oxygen atoms in total. The molecule has 3 N–H and O–H groups in total. The maximum atomic E-state index is 14.3. The average Bonchev–Trinajstić information content (AvgIpc) is 2.89.